The van der Waals surface area contributed by atoms with Crippen LogP contribution in [0.5, 0.6) is 0 Å². The molecule has 112 valence electrons. The molecular weight excluding hydrogens is 359 g/mol. The molecule has 4 nitrogen and oxygen atoms in total. The first-order valence-corrected chi connectivity index (χ1v) is 8.40. The van der Waals surface area contributed by atoms with E-state index in [2.05, 4.69) is 20.7 Å². The van der Waals surface area contributed by atoms with Crippen molar-refractivity contribution in [3.8, 4) is 0 Å². The lowest BCUT2D eigenvalue weighted by atomic mass is 10.1. The average Bonchev–Trinajstić information content (AvgIpc) is 2.41. The average molecular weight is 373 g/mol. The molecular formula is C14H14BrFN2O2S. The first kappa shape index (κ1) is 15.9. The highest BCUT2D eigenvalue weighted by molar-refractivity contribution is 9.10. The highest BCUT2D eigenvalue weighted by atomic mass is 79.9. The van der Waals surface area contributed by atoms with Gasteiger partial charge in [0.05, 0.1) is 0 Å². The first-order chi connectivity index (χ1) is 9.81. The Labute approximate surface area is 131 Å². The molecule has 0 saturated heterocycles. The Morgan fingerprint density at radius 3 is 2.57 bits per heavy atom. The second kappa shape index (κ2) is 6.13. The minimum Gasteiger partial charge on any atom is -0.399 e. The Morgan fingerprint density at radius 1 is 1.24 bits per heavy atom. The Kier molecular flexibility index (Phi) is 4.65. The maximum Gasteiger partial charge on any atom is 0.244 e. The van der Waals surface area contributed by atoms with Gasteiger partial charge >= 0.3 is 0 Å². The number of benzene rings is 2. The number of nitrogen functional groups attached to an aromatic ring is 1. The summed E-state index contributed by atoms with van der Waals surface area (Å²) in [6.07, 6.45) is 0. The molecule has 2 rings (SSSR count). The van der Waals surface area contributed by atoms with E-state index in [-0.39, 0.29) is 5.69 Å². The minimum absolute atomic E-state index is 0.185. The third kappa shape index (κ3) is 3.61. The van der Waals surface area contributed by atoms with Gasteiger partial charge in [0.15, 0.2) is 0 Å². The third-order valence-electron chi connectivity index (χ3n) is 2.95. The predicted molar refractivity (Wildman–Crippen MR) is 83.7 cm³/mol. The summed E-state index contributed by atoms with van der Waals surface area (Å²) in [4.78, 5) is -0.457. The summed E-state index contributed by atoms with van der Waals surface area (Å²) in [7, 11) is -4.00. The monoisotopic (exact) mass is 372 g/mol. The van der Waals surface area contributed by atoms with E-state index in [0.717, 1.165) is 22.2 Å². The lowest BCUT2D eigenvalue weighted by Crippen LogP contribution is -2.28. The van der Waals surface area contributed by atoms with Gasteiger partial charge in [-0.05, 0) is 36.8 Å². The number of nitrogens with two attached hydrogens (primary N) is 1. The molecule has 0 saturated carbocycles. The molecule has 3 N–H and O–H groups in total. The molecule has 0 aliphatic rings. The molecule has 7 heteroatoms. The van der Waals surface area contributed by atoms with Crippen molar-refractivity contribution in [3.63, 3.8) is 0 Å². The van der Waals surface area contributed by atoms with Gasteiger partial charge in [0.1, 0.15) is 10.7 Å². The van der Waals surface area contributed by atoms with Crippen molar-refractivity contribution in [1.29, 1.82) is 0 Å². The van der Waals surface area contributed by atoms with Crippen molar-refractivity contribution >= 4 is 31.6 Å². The third-order valence-corrected chi connectivity index (χ3v) is 5.23. The maximum absolute atomic E-state index is 13.7. The van der Waals surface area contributed by atoms with E-state index in [1.54, 1.807) is 25.1 Å². The summed E-state index contributed by atoms with van der Waals surface area (Å²) in [5, 5.41) is 0. The molecule has 0 radical (unpaired) electrons. The number of hydrogen-bond donors (Lipinski definition) is 2. The molecule has 2 aromatic rings. The summed E-state index contributed by atoms with van der Waals surface area (Å²) in [5.41, 5.74) is 6.46. The topological polar surface area (TPSA) is 72.2 Å². The van der Waals surface area contributed by atoms with Crippen molar-refractivity contribution in [1.82, 2.24) is 4.72 Å². The number of rotatable bonds is 4. The summed E-state index contributed by atoms with van der Waals surface area (Å²) >= 11 is 3.36. The smallest absolute Gasteiger partial charge is 0.244 e. The Balaban J connectivity index is 2.34. The number of hydrogen-bond acceptors (Lipinski definition) is 3. The van der Waals surface area contributed by atoms with Crippen LogP contribution in [0.3, 0.4) is 0 Å². The van der Waals surface area contributed by atoms with Crippen molar-refractivity contribution in [2.24, 2.45) is 0 Å². The van der Waals surface area contributed by atoms with Gasteiger partial charge in [-0.2, -0.15) is 0 Å². The van der Waals surface area contributed by atoms with Gasteiger partial charge < -0.3 is 5.73 Å². The zero-order valence-corrected chi connectivity index (χ0v) is 13.6. The Bertz CT molecular complexity index is 765. The molecule has 0 aliphatic heterocycles. The van der Waals surface area contributed by atoms with E-state index >= 15 is 0 Å². The lowest BCUT2D eigenvalue weighted by molar-refractivity contribution is 0.547. The summed E-state index contributed by atoms with van der Waals surface area (Å²) in [5.74, 6) is -0.837. The van der Waals surface area contributed by atoms with Crippen LogP contribution < -0.4 is 10.5 Å². The molecule has 1 unspecified atom stereocenters. The number of sulfonamides is 1. The van der Waals surface area contributed by atoms with Crippen molar-refractivity contribution in [2.45, 2.75) is 17.9 Å². The maximum atomic E-state index is 13.7. The fraction of sp³-hybridized carbons (Fsp3) is 0.143. The van der Waals surface area contributed by atoms with E-state index in [1.807, 2.05) is 6.07 Å². The molecule has 2 aromatic carbocycles. The van der Waals surface area contributed by atoms with Crippen LogP contribution in [0.25, 0.3) is 0 Å². The fourth-order valence-corrected chi connectivity index (χ4v) is 3.88. The lowest BCUT2D eigenvalue weighted by Gasteiger charge is -2.16. The second-order valence-electron chi connectivity index (χ2n) is 4.55. The molecule has 0 fully saturated rings. The SMILES string of the molecule is CC(NS(=O)(=O)c1cc(N)ccc1F)c1ccccc1Br. The van der Waals surface area contributed by atoms with Crippen molar-refractivity contribution < 1.29 is 12.8 Å². The highest BCUT2D eigenvalue weighted by Crippen LogP contribution is 2.25. The van der Waals surface area contributed by atoms with Crippen molar-refractivity contribution in [3.05, 3.63) is 58.3 Å². The standard InChI is InChI=1S/C14H14BrFN2O2S/c1-9(11-4-2-3-5-12(11)15)18-21(19,20)14-8-10(17)6-7-13(14)16/h2-9,18H,17H2,1H3. The fourth-order valence-electron chi connectivity index (χ4n) is 1.91. The predicted octanol–water partition coefficient (Wildman–Crippen LogP) is 3.21. The Hall–Kier alpha value is -1.44. The molecule has 0 heterocycles. The van der Waals surface area contributed by atoms with Gasteiger partial charge in [-0.3, -0.25) is 0 Å². The minimum atomic E-state index is -4.00. The van der Waals surface area contributed by atoms with E-state index in [1.165, 1.54) is 6.07 Å². The molecule has 0 aromatic heterocycles. The van der Waals surface area contributed by atoms with Crippen LogP contribution in [-0.2, 0) is 10.0 Å². The molecule has 0 spiro atoms. The quantitative estimate of drug-likeness (QED) is 0.809. The van der Waals surface area contributed by atoms with E-state index < -0.39 is 26.8 Å². The van der Waals surface area contributed by atoms with Gasteiger partial charge in [0.25, 0.3) is 0 Å². The van der Waals surface area contributed by atoms with E-state index in [0.29, 0.717) is 0 Å². The normalized spacial score (nSPS) is 13.1. The van der Waals surface area contributed by atoms with Crippen LogP contribution in [0.1, 0.15) is 18.5 Å². The van der Waals surface area contributed by atoms with Crippen LogP contribution in [0.15, 0.2) is 51.8 Å². The number of nitrogens with one attached hydrogen (secondary N) is 1. The van der Waals surface area contributed by atoms with Gasteiger partial charge in [-0.1, -0.05) is 34.1 Å². The summed E-state index contributed by atoms with van der Waals surface area (Å²) < 4.78 is 41.5. The van der Waals surface area contributed by atoms with Crippen LogP contribution >= 0.6 is 15.9 Å². The second-order valence-corrected chi connectivity index (χ2v) is 7.09. The van der Waals surface area contributed by atoms with Crippen LogP contribution in [0.4, 0.5) is 10.1 Å². The van der Waals surface area contributed by atoms with Crippen LogP contribution in [0.2, 0.25) is 0 Å². The summed E-state index contributed by atoms with van der Waals surface area (Å²) in [6.45, 7) is 1.68. The van der Waals surface area contributed by atoms with Gasteiger partial charge in [0, 0.05) is 16.2 Å². The molecule has 0 amide bonds. The van der Waals surface area contributed by atoms with Gasteiger partial charge in [0.2, 0.25) is 10.0 Å². The van der Waals surface area contributed by atoms with E-state index in [9.17, 15) is 12.8 Å². The number of anilines is 1. The Morgan fingerprint density at radius 2 is 1.90 bits per heavy atom. The zero-order chi connectivity index (χ0) is 15.6. The zero-order valence-electron chi connectivity index (χ0n) is 11.2. The highest BCUT2D eigenvalue weighted by Gasteiger charge is 2.23. The first-order valence-electron chi connectivity index (χ1n) is 6.13. The summed E-state index contributed by atoms with van der Waals surface area (Å²) in [6, 6.07) is 10.1. The number of halogens is 2. The van der Waals surface area contributed by atoms with Crippen molar-refractivity contribution in [2.75, 3.05) is 5.73 Å². The van der Waals surface area contributed by atoms with Gasteiger partial charge in [-0.25, -0.2) is 17.5 Å². The van der Waals surface area contributed by atoms with Crippen LogP contribution in [0, 0.1) is 5.82 Å². The molecule has 1 atom stereocenters. The van der Waals surface area contributed by atoms with Gasteiger partial charge in [-0.15, -0.1) is 0 Å². The van der Waals surface area contributed by atoms with Crippen LogP contribution in [-0.4, -0.2) is 8.42 Å². The molecule has 21 heavy (non-hydrogen) atoms. The van der Waals surface area contributed by atoms with E-state index in [4.69, 9.17) is 5.73 Å². The largest absolute Gasteiger partial charge is 0.399 e. The molecule has 0 aliphatic carbocycles. The molecule has 0 bridgehead atoms.